The third-order valence-electron chi connectivity index (χ3n) is 4.19. The van der Waals surface area contributed by atoms with E-state index >= 15 is 0 Å². The lowest BCUT2D eigenvalue weighted by Gasteiger charge is -2.31. The maximum absolute atomic E-state index is 12.9. The molecule has 0 radical (unpaired) electrons. The van der Waals surface area contributed by atoms with Crippen LogP contribution in [-0.4, -0.2) is 36.3 Å². The van der Waals surface area contributed by atoms with E-state index in [1.807, 2.05) is 0 Å². The van der Waals surface area contributed by atoms with E-state index in [2.05, 4.69) is 10.6 Å². The Hall–Kier alpha value is -3.41. The molecule has 3 amide bonds. The fourth-order valence-corrected chi connectivity index (χ4v) is 3.68. The number of halogens is 3. The minimum absolute atomic E-state index is 0.0598. The summed E-state index contributed by atoms with van der Waals surface area (Å²) >= 11 is 0.949. The van der Waals surface area contributed by atoms with Crippen LogP contribution in [0.2, 0.25) is 0 Å². The van der Waals surface area contributed by atoms with Crippen LogP contribution >= 0.6 is 11.3 Å². The Morgan fingerprint density at radius 2 is 1.94 bits per heavy atom. The van der Waals surface area contributed by atoms with Crippen molar-refractivity contribution in [3.63, 3.8) is 0 Å². The summed E-state index contributed by atoms with van der Waals surface area (Å²) in [6.45, 7) is 2.16. The van der Waals surface area contributed by atoms with E-state index in [0.29, 0.717) is 5.00 Å². The van der Waals surface area contributed by atoms with Gasteiger partial charge in [-0.2, -0.15) is 13.2 Å². The van der Waals surface area contributed by atoms with Crippen molar-refractivity contribution in [1.29, 1.82) is 0 Å². The third kappa shape index (κ3) is 5.02. The Kier molecular flexibility index (Phi) is 6.02. The Balaban J connectivity index is 1.76. The number of hydrogen-bond acceptors (Lipinski definition) is 6. The quantitative estimate of drug-likeness (QED) is 0.689. The van der Waals surface area contributed by atoms with E-state index in [1.54, 1.807) is 0 Å². The molecule has 164 valence electrons. The number of carbonyl (C=O) groups excluding carboxylic acids is 4. The SMILES string of the molecule is CC(=O)Nc1ccc(C(=O)O[C@@H](C)C(=O)N2CC(=O)Nc3cc(C(F)(F)F)ccc32)s1. The number of esters is 1. The average molecular weight is 455 g/mol. The zero-order valence-electron chi connectivity index (χ0n) is 16.2. The summed E-state index contributed by atoms with van der Waals surface area (Å²) in [5, 5.41) is 5.24. The molecular formula is C19H16F3N3O5S. The molecule has 2 aromatic rings. The summed E-state index contributed by atoms with van der Waals surface area (Å²) in [6.07, 6.45) is -5.94. The van der Waals surface area contributed by atoms with E-state index in [4.69, 9.17) is 4.74 Å². The molecule has 0 unspecified atom stereocenters. The second kappa shape index (κ2) is 8.38. The van der Waals surface area contributed by atoms with E-state index in [9.17, 15) is 32.3 Å². The lowest BCUT2D eigenvalue weighted by atomic mass is 10.1. The van der Waals surface area contributed by atoms with Gasteiger partial charge in [0.25, 0.3) is 5.91 Å². The van der Waals surface area contributed by atoms with E-state index in [-0.39, 0.29) is 22.2 Å². The molecule has 0 fully saturated rings. The fourth-order valence-electron chi connectivity index (χ4n) is 2.84. The Labute approximate surface area is 178 Å². The first kappa shape index (κ1) is 22.3. The van der Waals surface area contributed by atoms with Gasteiger partial charge < -0.3 is 15.4 Å². The van der Waals surface area contributed by atoms with Crippen LogP contribution in [0.3, 0.4) is 0 Å². The van der Waals surface area contributed by atoms with Gasteiger partial charge in [-0.25, -0.2) is 4.79 Å². The average Bonchev–Trinajstić information content (AvgIpc) is 3.13. The van der Waals surface area contributed by atoms with Crippen molar-refractivity contribution in [3.8, 4) is 0 Å². The van der Waals surface area contributed by atoms with Crippen molar-refractivity contribution in [2.75, 3.05) is 22.1 Å². The molecule has 0 saturated heterocycles. The van der Waals surface area contributed by atoms with Crippen LogP contribution in [0.5, 0.6) is 0 Å². The number of ether oxygens (including phenoxy) is 1. The maximum atomic E-state index is 12.9. The highest BCUT2D eigenvalue weighted by atomic mass is 32.1. The lowest BCUT2D eigenvalue weighted by Crippen LogP contribution is -2.47. The highest BCUT2D eigenvalue weighted by Gasteiger charge is 2.35. The first-order valence-corrected chi connectivity index (χ1v) is 9.68. The highest BCUT2D eigenvalue weighted by molar-refractivity contribution is 7.18. The molecule has 1 aliphatic heterocycles. The standard InChI is InChI=1S/C19H16F3N3O5S/c1-9(30-18(29)14-5-6-16(31-14)23-10(2)26)17(28)25-8-15(27)24-12-7-11(19(20,21)22)3-4-13(12)25/h3-7,9H,8H2,1-2H3,(H,23,26)(H,24,27)/t9-/m0/s1. The molecule has 1 aromatic carbocycles. The number of nitrogens with zero attached hydrogens (tertiary/aromatic N) is 1. The Bertz CT molecular complexity index is 1070. The molecule has 12 heteroatoms. The van der Waals surface area contributed by atoms with Gasteiger partial charge in [0.15, 0.2) is 6.10 Å². The smallest absolute Gasteiger partial charge is 0.416 e. The van der Waals surface area contributed by atoms with Gasteiger partial charge in [-0.05, 0) is 37.3 Å². The zero-order valence-corrected chi connectivity index (χ0v) is 17.0. The molecule has 0 bridgehead atoms. The first-order valence-electron chi connectivity index (χ1n) is 8.86. The number of fused-ring (bicyclic) bond motifs is 1. The Morgan fingerprint density at radius 1 is 1.23 bits per heavy atom. The number of amides is 3. The van der Waals surface area contributed by atoms with Crippen molar-refractivity contribution in [3.05, 3.63) is 40.8 Å². The van der Waals surface area contributed by atoms with Crippen LogP contribution in [0.25, 0.3) is 0 Å². The largest absolute Gasteiger partial charge is 0.448 e. The summed E-state index contributed by atoms with van der Waals surface area (Å²) in [7, 11) is 0. The molecule has 1 aromatic heterocycles. The Morgan fingerprint density at radius 3 is 2.58 bits per heavy atom. The minimum atomic E-state index is -4.62. The van der Waals surface area contributed by atoms with Crippen LogP contribution in [0.4, 0.5) is 29.5 Å². The van der Waals surface area contributed by atoms with Gasteiger partial charge in [-0.3, -0.25) is 19.3 Å². The topological polar surface area (TPSA) is 105 Å². The molecule has 1 aliphatic rings. The maximum Gasteiger partial charge on any atom is 0.416 e. The van der Waals surface area contributed by atoms with Gasteiger partial charge in [0.2, 0.25) is 11.8 Å². The van der Waals surface area contributed by atoms with Crippen molar-refractivity contribution >= 4 is 51.4 Å². The summed E-state index contributed by atoms with van der Waals surface area (Å²) < 4.78 is 44.0. The van der Waals surface area contributed by atoms with E-state index in [1.165, 1.54) is 26.0 Å². The predicted octanol–water partition coefficient (Wildman–Crippen LogP) is 3.26. The van der Waals surface area contributed by atoms with Gasteiger partial charge in [0.1, 0.15) is 11.4 Å². The molecule has 1 atom stereocenters. The van der Waals surface area contributed by atoms with Crippen LogP contribution in [0.15, 0.2) is 30.3 Å². The second-order valence-corrected chi connectivity index (χ2v) is 7.68. The second-order valence-electron chi connectivity index (χ2n) is 6.59. The molecule has 0 spiro atoms. The molecular weight excluding hydrogens is 439 g/mol. The first-order chi connectivity index (χ1) is 14.5. The van der Waals surface area contributed by atoms with Gasteiger partial charge in [0.05, 0.1) is 21.9 Å². The predicted molar refractivity (Wildman–Crippen MR) is 106 cm³/mol. The van der Waals surface area contributed by atoms with Crippen molar-refractivity contribution in [2.24, 2.45) is 0 Å². The fraction of sp³-hybridized carbons (Fsp3) is 0.263. The minimum Gasteiger partial charge on any atom is -0.448 e. The summed E-state index contributed by atoms with van der Waals surface area (Å²) in [6, 6.07) is 5.51. The summed E-state index contributed by atoms with van der Waals surface area (Å²) in [4.78, 5) is 49.2. The highest BCUT2D eigenvalue weighted by Crippen LogP contribution is 2.37. The van der Waals surface area contributed by atoms with Crippen molar-refractivity contribution in [1.82, 2.24) is 0 Å². The number of rotatable bonds is 4. The molecule has 8 nitrogen and oxygen atoms in total. The molecule has 2 N–H and O–H groups in total. The number of carbonyl (C=O) groups is 4. The zero-order chi connectivity index (χ0) is 22.9. The number of thiophene rings is 1. The van der Waals surface area contributed by atoms with Crippen LogP contribution in [-0.2, 0) is 25.3 Å². The molecule has 31 heavy (non-hydrogen) atoms. The third-order valence-corrected chi connectivity index (χ3v) is 5.18. The van der Waals surface area contributed by atoms with Crippen molar-refractivity contribution < 1.29 is 37.1 Å². The number of nitrogens with one attached hydrogen (secondary N) is 2. The van der Waals surface area contributed by atoms with Gasteiger partial charge in [-0.15, -0.1) is 11.3 Å². The molecule has 0 saturated carbocycles. The number of benzene rings is 1. The van der Waals surface area contributed by atoms with Crippen LogP contribution in [0, 0.1) is 0 Å². The normalized spacial score (nSPS) is 14.4. The van der Waals surface area contributed by atoms with Crippen molar-refractivity contribution in [2.45, 2.75) is 26.1 Å². The number of anilines is 3. The monoisotopic (exact) mass is 455 g/mol. The lowest BCUT2D eigenvalue weighted by molar-refractivity contribution is -0.137. The van der Waals surface area contributed by atoms with Crippen LogP contribution < -0.4 is 15.5 Å². The van der Waals surface area contributed by atoms with Crippen LogP contribution in [0.1, 0.15) is 29.1 Å². The molecule has 2 heterocycles. The van der Waals surface area contributed by atoms with Gasteiger partial charge in [-0.1, -0.05) is 0 Å². The van der Waals surface area contributed by atoms with E-state index in [0.717, 1.165) is 34.4 Å². The number of hydrogen-bond donors (Lipinski definition) is 2. The van der Waals surface area contributed by atoms with E-state index < -0.39 is 42.2 Å². The van der Waals surface area contributed by atoms with Gasteiger partial charge >= 0.3 is 12.1 Å². The molecule has 3 rings (SSSR count). The summed E-state index contributed by atoms with van der Waals surface area (Å²) in [5.74, 6) is -2.60. The van der Waals surface area contributed by atoms with Gasteiger partial charge in [0, 0.05) is 6.92 Å². The summed E-state index contributed by atoms with van der Waals surface area (Å²) in [5.41, 5.74) is -1.09. The molecule has 0 aliphatic carbocycles. The number of alkyl halides is 3.